The van der Waals surface area contributed by atoms with Crippen molar-refractivity contribution in [3.8, 4) is 0 Å². The van der Waals surface area contributed by atoms with Crippen LogP contribution >= 0.6 is 11.6 Å². The van der Waals surface area contributed by atoms with Crippen LogP contribution in [0.15, 0.2) is 60.7 Å². The third-order valence-electron chi connectivity index (χ3n) is 4.05. The van der Waals surface area contributed by atoms with E-state index in [1.165, 1.54) is 0 Å². The topological polar surface area (TPSA) is 38.1 Å². The van der Waals surface area contributed by atoms with Gasteiger partial charge in [0.2, 0.25) is 0 Å². The zero-order valence-corrected chi connectivity index (χ0v) is 15.1. The number of anilines is 1. The van der Waals surface area contributed by atoms with Gasteiger partial charge in [0, 0.05) is 12.2 Å². The number of carbonyl (C=O) groups is 1. The predicted molar refractivity (Wildman–Crippen MR) is 101 cm³/mol. The van der Waals surface area contributed by atoms with E-state index in [2.05, 4.69) is 5.10 Å². The maximum Gasteiger partial charge on any atom is 0.278 e. The maximum atomic E-state index is 13.3. The second kappa shape index (κ2) is 7.53. The molecule has 25 heavy (non-hydrogen) atoms. The van der Waals surface area contributed by atoms with E-state index in [1.807, 2.05) is 74.5 Å². The van der Waals surface area contributed by atoms with Crippen LogP contribution < -0.4 is 4.90 Å². The van der Waals surface area contributed by atoms with Crippen LogP contribution in [0.25, 0.3) is 0 Å². The third-order valence-corrected chi connectivity index (χ3v) is 4.51. The minimum atomic E-state index is -0.150. The van der Waals surface area contributed by atoms with Crippen LogP contribution in [0.3, 0.4) is 0 Å². The van der Waals surface area contributed by atoms with Gasteiger partial charge >= 0.3 is 0 Å². The smallest absolute Gasteiger partial charge is 0.278 e. The van der Waals surface area contributed by atoms with Crippen molar-refractivity contribution in [2.45, 2.75) is 26.9 Å². The van der Waals surface area contributed by atoms with Crippen molar-refractivity contribution in [2.24, 2.45) is 0 Å². The lowest BCUT2D eigenvalue weighted by Gasteiger charge is -2.23. The summed E-state index contributed by atoms with van der Waals surface area (Å²) < 4.78 is 1.67. The first-order valence-electron chi connectivity index (χ1n) is 8.25. The Labute approximate surface area is 152 Å². The van der Waals surface area contributed by atoms with Crippen molar-refractivity contribution in [3.05, 3.63) is 82.6 Å². The number of nitrogens with zero attached hydrogens (tertiary/aromatic N) is 3. The second-order valence-corrected chi connectivity index (χ2v) is 6.15. The number of rotatable bonds is 5. The van der Waals surface area contributed by atoms with E-state index in [-0.39, 0.29) is 5.91 Å². The molecule has 5 heteroatoms. The molecule has 0 radical (unpaired) electrons. The van der Waals surface area contributed by atoms with Crippen LogP contribution in [0, 0.1) is 6.92 Å². The van der Waals surface area contributed by atoms with E-state index in [4.69, 9.17) is 11.6 Å². The molecular formula is C20H20ClN3O. The Bertz CT molecular complexity index is 859. The summed E-state index contributed by atoms with van der Waals surface area (Å²) in [6, 6.07) is 19.5. The fourth-order valence-electron chi connectivity index (χ4n) is 2.77. The zero-order valence-electron chi connectivity index (χ0n) is 14.3. The largest absolute Gasteiger partial charge is 0.303 e. The highest BCUT2D eigenvalue weighted by Crippen LogP contribution is 2.26. The molecule has 2 aromatic carbocycles. The molecule has 0 saturated carbocycles. The summed E-state index contributed by atoms with van der Waals surface area (Å²) in [5.41, 5.74) is 2.98. The Hall–Kier alpha value is -2.59. The monoisotopic (exact) mass is 353 g/mol. The average molecular weight is 354 g/mol. The first-order chi connectivity index (χ1) is 12.1. The van der Waals surface area contributed by atoms with E-state index in [0.717, 1.165) is 11.3 Å². The lowest BCUT2D eigenvalue weighted by Crippen LogP contribution is -2.32. The fraction of sp³-hybridized carbons (Fsp3) is 0.200. The molecule has 1 heterocycles. The number of aromatic nitrogens is 2. The summed E-state index contributed by atoms with van der Waals surface area (Å²) >= 11 is 6.39. The maximum absolute atomic E-state index is 13.3. The Balaban J connectivity index is 2.04. The number of para-hydroxylation sites is 1. The Morgan fingerprint density at radius 1 is 1.08 bits per heavy atom. The molecule has 3 aromatic rings. The molecular weight excluding hydrogens is 334 g/mol. The summed E-state index contributed by atoms with van der Waals surface area (Å²) in [4.78, 5) is 15.1. The third kappa shape index (κ3) is 3.59. The van der Waals surface area contributed by atoms with E-state index < -0.39 is 0 Å². The molecule has 0 unspecified atom stereocenters. The van der Waals surface area contributed by atoms with Crippen molar-refractivity contribution < 1.29 is 4.79 Å². The van der Waals surface area contributed by atoms with Crippen molar-refractivity contribution in [1.29, 1.82) is 0 Å². The summed E-state index contributed by atoms with van der Waals surface area (Å²) in [5, 5.41) is 4.79. The summed E-state index contributed by atoms with van der Waals surface area (Å²) in [7, 11) is 0. The van der Waals surface area contributed by atoms with Gasteiger partial charge in [0.25, 0.3) is 5.91 Å². The zero-order chi connectivity index (χ0) is 17.8. The molecule has 0 bridgehead atoms. The highest BCUT2D eigenvalue weighted by Gasteiger charge is 2.26. The molecule has 0 fully saturated rings. The number of halogens is 1. The lowest BCUT2D eigenvalue weighted by molar-refractivity contribution is 0.0975. The van der Waals surface area contributed by atoms with Crippen LogP contribution in [0.4, 0.5) is 5.69 Å². The number of benzene rings is 2. The molecule has 0 aliphatic carbocycles. The van der Waals surface area contributed by atoms with Crippen molar-refractivity contribution in [2.75, 3.05) is 4.90 Å². The van der Waals surface area contributed by atoms with E-state index >= 15 is 0 Å². The van der Waals surface area contributed by atoms with Crippen LogP contribution in [0.2, 0.25) is 5.02 Å². The Morgan fingerprint density at radius 3 is 2.28 bits per heavy atom. The molecule has 0 N–H and O–H groups in total. The van der Waals surface area contributed by atoms with Gasteiger partial charge in [-0.2, -0.15) is 5.10 Å². The first kappa shape index (κ1) is 17.2. The van der Waals surface area contributed by atoms with Gasteiger partial charge in [-0.1, -0.05) is 60.1 Å². The van der Waals surface area contributed by atoms with E-state index in [0.29, 0.717) is 29.5 Å². The Morgan fingerprint density at radius 2 is 1.68 bits per heavy atom. The minimum Gasteiger partial charge on any atom is -0.303 e. The first-order valence-corrected chi connectivity index (χ1v) is 8.63. The van der Waals surface area contributed by atoms with Crippen molar-refractivity contribution in [1.82, 2.24) is 9.78 Å². The highest BCUT2D eigenvalue weighted by atomic mass is 35.5. The van der Waals surface area contributed by atoms with Gasteiger partial charge in [0.05, 0.1) is 17.3 Å². The molecule has 3 rings (SSSR count). The van der Waals surface area contributed by atoms with Crippen LogP contribution in [-0.4, -0.2) is 15.7 Å². The summed E-state index contributed by atoms with van der Waals surface area (Å²) in [6.45, 7) is 4.81. The van der Waals surface area contributed by atoms with Crippen LogP contribution in [-0.2, 0) is 13.1 Å². The molecule has 0 atom stereocenters. The van der Waals surface area contributed by atoms with Gasteiger partial charge in [0.1, 0.15) is 5.69 Å². The number of hydrogen-bond acceptors (Lipinski definition) is 2. The SMILES string of the molecule is CCn1nc(C)c(Cl)c1C(=O)N(Cc1ccccc1)c1ccccc1. The predicted octanol–water partition coefficient (Wildman–Crippen LogP) is 4.71. The second-order valence-electron chi connectivity index (χ2n) is 5.78. The number of aryl methyl sites for hydroxylation is 2. The Kier molecular flexibility index (Phi) is 5.19. The molecule has 0 saturated heterocycles. The summed E-state index contributed by atoms with van der Waals surface area (Å²) in [6.07, 6.45) is 0. The highest BCUT2D eigenvalue weighted by molar-refractivity contribution is 6.34. The fourth-order valence-corrected chi connectivity index (χ4v) is 2.99. The van der Waals surface area contributed by atoms with E-state index in [1.54, 1.807) is 9.58 Å². The van der Waals surface area contributed by atoms with Gasteiger partial charge in [-0.15, -0.1) is 0 Å². The van der Waals surface area contributed by atoms with Gasteiger partial charge in [-0.25, -0.2) is 0 Å². The van der Waals surface area contributed by atoms with Gasteiger partial charge < -0.3 is 4.90 Å². The van der Waals surface area contributed by atoms with Gasteiger partial charge in [-0.3, -0.25) is 9.48 Å². The number of amides is 1. The number of hydrogen-bond donors (Lipinski definition) is 0. The standard InChI is InChI=1S/C20H20ClN3O/c1-3-24-19(18(21)15(2)22-24)20(25)23(17-12-8-5-9-13-17)14-16-10-6-4-7-11-16/h4-13H,3,14H2,1-2H3. The number of carbonyl (C=O) groups excluding carboxylic acids is 1. The lowest BCUT2D eigenvalue weighted by atomic mass is 10.1. The molecule has 1 aromatic heterocycles. The van der Waals surface area contributed by atoms with Gasteiger partial charge in [-0.05, 0) is 31.5 Å². The summed E-state index contributed by atoms with van der Waals surface area (Å²) in [5.74, 6) is -0.150. The molecule has 4 nitrogen and oxygen atoms in total. The quantitative estimate of drug-likeness (QED) is 0.666. The normalized spacial score (nSPS) is 10.7. The van der Waals surface area contributed by atoms with Crippen molar-refractivity contribution >= 4 is 23.2 Å². The van der Waals surface area contributed by atoms with E-state index in [9.17, 15) is 4.79 Å². The van der Waals surface area contributed by atoms with Crippen LogP contribution in [0.5, 0.6) is 0 Å². The minimum absolute atomic E-state index is 0.150. The van der Waals surface area contributed by atoms with Crippen LogP contribution in [0.1, 0.15) is 28.7 Å². The molecule has 0 spiro atoms. The van der Waals surface area contributed by atoms with Crippen molar-refractivity contribution in [3.63, 3.8) is 0 Å². The molecule has 0 aliphatic rings. The molecule has 0 aliphatic heterocycles. The average Bonchev–Trinajstić information content (AvgIpc) is 2.95. The molecule has 128 valence electrons. The van der Waals surface area contributed by atoms with Gasteiger partial charge in [0.15, 0.2) is 0 Å². The molecule has 1 amide bonds.